The molecule has 3 aromatic rings. The number of aryl methyl sites for hydroxylation is 2. The number of amides is 1. The first kappa shape index (κ1) is 27.2. The van der Waals surface area contributed by atoms with Gasteiger partial charge in [0.25, 0.3) is 11.5 Å². The molecule has 6 rings (SSSR count). The van der Waals surface area contributed by atoms with Gasteiger partial charge in [-0.3, -0.25) is 14.6 Å². The molecule has 0 aliphatic heterocycles. The molecule has 2 N–H and O–H groups in total. The minimum absolute atomic E-state index is 0.298. The molecule has 1 aromatic heterocycles. The summed E-state index contributed by atoms with van der Waals surface area (Å²) in [5.41, 5.74) is 0.347. The van der Waals surface area contributed by atoms with E-state index >= 15 is 0 Å². The summed E-state index contributed by atoms with van der Waals surface area (Å²) >= 11 is 3.46. The highest BCUT2D eigenvalue weighted by Gasteiger charge is 2.53. The third kappa shape index (κ3) is 5.02. The molecule has 0 radical (unpaired) electrons. The molecule has 3 saturated carbocycles. The molecule has 3 fully saturated rings. The van der Waals surface area contributed by atoms with Crippen LogP contribution in [0.4, 0.5) is 0 Å². The van der Waals surface area contributed by atoms with Gasteiger partial charge in [0.1, 0.15) is 17.2 Å². The van der Waals surface area contributed by atoms with Crippen molar-refractivity contribution in [3.05, 3.63) is 72.5 Å². The van der Waals surface area contributed by atoms with Crippen LogP contribution in [0.3, 0.4) is 0 Å². The first-order valence-corrected chi connectivity index (χ1v) is 13.9. The number of hydrogen-bond donors (Lipinski definition) is 2. The van der Waals surface area contributed by atoms with Crippen LogP contribution in [-0.4, -0.2) is 34.3 Å². The van der Waals surface area contributed by atoms with Crippen molar-refractivity contribution < 1.29 is 14.3 Å². The molecular formula is C29H33BrN4O5. The largest absolute Gasteiger partial charge is 0.496 e. The smallest absolute Gasteiger partial charge is 0.349 e. The molecule has 3 aliphatic carbocycles. The Morgan fingerprint density at radius 2 is 1.90 bits per heavy atom. The van der Waals surface area contributed by atoms with E-state index in [2.05, 4.69) is 45.2 Å². The fraction of sp³-hybridized carbons (Fsp3) is 0.448. The predicted octanol–water partition coefficient (Wildman–Crippen LogP) is 4.90. The molecular weight excluding hydrogens is 564 g/mol. The minimum Gasteiger partial charge on any atom is -0.496 e. The Morgan fingerprint density at radius 1 is 1.18 bits per heavy atom. The zero-order valence-corrected chi connectivity index (χ0v) is 24.3. The second kappa shape index (κ2) is 10.3. The number of nitrogens with one attached hydrogen (secondary N) is 2. The van der Waals surface area contributed by atoms with Crippen molar-refractivity contribution >= 4 is 21.8 Å². The summed E-state index contributed by atoms with van der Waals surface area (Å²) in [5.74, 6) is 3.06. The molecule has 1 heterocycles. The summed E-state index contributed by atoms with van der Waals surface area (Å²) in [4.78, 5) is 40.5. The zero-order valence-electron chi connectivity index (χ0n) is 22.8. The molecule has 2 aromatic carbocycles. The van der Waals surface area contributed by atoms with Gasteiger partial charge in [-0.05, 0) is 114 Å². The van der Waals surface area contributed by atoms with Crippen molar-refractivity contribution in [2.24, 2.45) is 23.2 Å². The van der Waals surface area contributed by atoms with Crippen molar-refractivity contribution in [3.8, 4) is 22.9 Å². The summed E-state index contributed by atoms with van der Waals surface area (Å²) in [6.45, 7) is 8.80. The molecule has 9 nitrogen and oxygen atoms in total. The summed E-state index contributed by atoms with van der Waals surface area (Å²) in [6, 6.07) is 8.86. The van der Waals surface area contributed by atoms with E-state index < -0.39 is 17.2 Å². The Hall–Kier alpha value is -3.40. The highest BCUT2D eigenvalue weighted by atomic mass is 79.9. The number of halogens is 1. The average molecular weight is 598 g/mol. The Labute approximate surface area is 235 Å². The minimum atomic E-state index is -0.806. The predicted molar refractivity (Wildman–Crippen MR) is 151 cm³/mol. The zero-order chi connectivity index (χ0) is 28.1. The van der Waals surface area contributed by atoms with Crippen LogP contribution in [-0.2, 0) is 0 Å². The van der Waals surface area contributed by atoms with Crippen molar-refractivity contribution in [1.82, 2.24) is 20.1 Å². The maximum atomic E-state index is 13.0. The van der Waals surface area contributed by atoms with Crippen LogP contribution in [0.5, 0.6) is 17.2 Å². The topological polar surface area (TPSA) is 115 Å². The summed E-state index contributed by atoms with van der Waals surface area (Å²) < 4.78 is 13.2. The summed E-state index contributed by atoms with van der Waals surface area (Å²) in [6.07, 6.45) is 3.44. The van der Waals surface area contributed by atoms with Crippen LogP contribution < -0.4 is 26.0 Å². The van der Waals surface area contributed by atoms with Crippen LogP contribution in [0.1, 0.15) is 54.7 Å². The van der Waals surface area contributed by atoms with Crippen LogP contribution in [0.2, 0.25) is 0 Å². The Morgan fingerprint density at radius 3 is 2.51 bits per heavy atom. The third-order valence-corrected chi connectivity index (χ3v) is 9.22. The normalized spacial score (nSPS) is 21.1. The second-order valence-electron chi connectivity index (χ2n) is 11.2. The van der Waals surface area contributed by atoms with Gasteiger partial charge in [0, 0.05) is 6.54 Å². The van der Waals surface area contributed by atoms with E-state index in [9.17, 15) is 14.4 Å². The molecule has 2 bridgehead atoms. The maximum absolute atomic E-state index is 13.0. The number of carbonyl (C=O) groups excluding carboxylic acids is 1. The van der Waals surface area contributed by atoms with Crippen LogP contribution in [0.25, 0.3) is 5.69 Å². The molecule has 3 unspecified atom stereocenters. The van der Waals surface area contributed by atoms with Crippen molar-refractivity contribution in [3.63, 3.8) is 0 Å². The fourth-order valence-corrected chi connectivity index (χ4v) is 6.80. The van der Waals surface area contributed by atoms with Crippen molar-refractivity contribution in [2.45, 2.75) is 47.0 Å². The number of rotatable bonds is 7. The molecule has 10 heteroatoms. The number of H-pyrrole nitrogens is 1. The lowest BCUT2D eigenvalue weighted by molar-refractivity contribution is -0.103. The summed E-state index contributed by atoms with van der Waals surface area (Å²) in [7, 11) is 1.59. The number of aromatic amines is 1. The lowest BCUT2D eigenvalue weighted by Gasteiger charge is -2.60. The third-order valence-electron chi connectivity index (χ3n) is 8.60. The van der Waals surface area contributed by atoms with E-state index in [0.717, 1.165) is 32.6 Å². The van der Waals surface area contributed by atoms with E-state index in [0.29, 0.717) is 46.7 Å². The summed E-state index contributed by atoms with van der Waals surface area (Å²) in [5, 5.41) is 7.08. The van der Waals surface area contributed by atoms with E-state index in [1.165, 1.54) is 12.8 Å². The number of fused-ring (bicyclic) bond motifs is 2. The van der Waals surface area contributed by atoms with Gasteiger partial charge in [0.2, 0.25) is 5.69 Å². The molecule has 0 saturated heterocycles. The number of ether oxygens (including phenoxy) is 2. The lowest BCUT2D eigenvalue weighted by Crippen LogP contribution is -2.54. The Bertz CT molecular complexity index is 1530. The number of nitrogens with zero attached hydrogens (tertiary/aromatic N) is 2. The number of methoxy groups -OCH3 is 1. The molecule has 39 heavy (non-hydrogen) atoms. The van der Waals surface area contributed by atoms with Gasteiger partial charge < -0.3 is 14.8 Å². The van der Waals surface area contributed by atoms with Gasteiger partial charge in [-0.2, -0.15) is 9.78 Å². The first-order valence-electron chi connectivity index (χ1n) is 13.1. The number of hydrogen-bond acceptors (Lipinski definition) is 6. The number of carbonyl (C=O) groups is 1. The van der Waals surface area contributed by atoms with E-state index in [4.69, 9.17) is 9.47 Å². The Balaban J connectivity index is 1.37. The fourth-order valence-electron chi connectivity index (χ4n) is 6.28. The Kier molecular flexibility index (Phi) is 7.17. The van der Waals surface area contributed by atoms with Gasteiger partial charge in [0.15, 0.2) is 0 Å². The van der Waals surface area contributed by atoms with Gasteiger partial charge in [-0.15, -0.1) is 0 Å². The molecule has 3 atom stereocenters. The highest BCUT2D eigenvalue weighted by molar-refractivity contribution is 9.10. The number of benzene rings is 2. The quantitative estimate of drug-likeness (QED) is 0.400. The second-order valence-corrected chi connectivity index (χ2v) is 12.1. The average Bonchev–Trinajstić information content (AvgIpc) is 2.89. The molecule has 0 spiro atoms. The molecule has 206 valence electrons. The van der Waals surface area contributed by atoms with Crippen molar-refractivity contribution in [2.75, 3.05) is 13.7 Å². The lowest BCUT2D eigenvalue weighted by atomic mass is 9.45. The van der Waals surface area contributed by atoms with E-state index in [-0.39, 0.29) is 5.69 Å². The standard InChI is InChI=1S/C29H33BrN4O5/c1-15-10-19(11-16(2)25(15)39-20-8-9-23(38-5)22(30)13-20)34-28(37)32-27(36)24(33-34)26(35)31-14-17-6-7-18-12-21(17)29(18,3)4/h8-11,13,17-18,21H,6-7,12,14H2,1-5H3,(H,31,35)(H,32,36,37). The first-order chi connectivity index (χ1) is 18.5. The number of aromatic nitrogens is 3. The monoisotopic (exact) mass is 596 g/mol. The molecule has 3 aliphatic rings. The maximum Gasteiger partial charge on any atom is 0.349 e. The van der Waals surface area contributed by atoms with Gasteiger partial charge in [-0.25, -0.2) is 4.79 Å². The van der Waals surface area contributed by atoms with Crippen LogP contribution in [0, 0.1) is 37.0 Å². The van der Waals surface area contributed by atoms with Gasteiger partial charge in [-0.1, -0.05) is 13.8 Å². The highest BCUT2D eigenvalue weighted by Crippen LogP contribution is 2.61. The van der Waals surface area contributed by atoms with E-state index in [1.54, 1.807) is 31.4 Å². The van der Waals surface area contributed by atoms with Crippen LogP contribution in [0.15, 0.2) is 44.4 Å². The van der Waals surface area contributed by atoms with E-state index in [1.807, 2.05) is 19.9 Å². The van der Waals surface area contributed by atoms with Crippen LogP contribution >= 0.6 is 15.9 Å². The van der Waals surface area contributed by atoms with Crippen molar-refractivity contribution in [1.29, 1.82) is 0 Å². The SMILES string of the molecule is COc1ccc(Oc2c(C)cc(-n3nc(C(=O)NCC4CCC5CC4C5(C)C)c(=O)[nH]c3=O)cc2C)cc1Br. The van der Waals surface area contributed by atoms with Gasteiger partial charge >= 0.3 is 5.69 Å². The molecule has 1 amide bonds. The van der Waals surface area contributed by atoms with Gasteiger partial charge in [0.05, 0.1) is 17.3 Å².